The van der Waals surface area contributed by atoms with Crippen LogP contribution in [0.15, 0.2) is 66.9 Å². The van der Waals surface area contributed by atoms with Crippen LogP contribution in [0.2, 0.25) is 0 Å². The van der Waals surface area contributed by atoms with E-state index >= 15 is 0 Å². The number of nitrogens with zero attached hydrogens (tertiary/aromatic N) is 2. The van der Waals surface area contributed by atoms with Gasteiger partial charge in [-0.3, -0.25) is 14.6 Å². The Morgan fingerprint density at radius 2 is 1.45 bits per heavy atom. The van der Waals surface area contributed by atoms with Gasteiger partial charge in [-0.05, 0) is 86.2 Å². The molecule has 1 aromatic heterocycles. The van der Waals surface area contributed by atoms with Gasteiger partial charge in [-0.1, -0.05) is 19.1 Å². The average Bonchev–Trinajstić information content (AvgIpc) is 3.00. The maximum Gasteiger partial charge on any atom is 0.270 e. The van der Waals surface area contributed by atoms with Crippen LogP contribution >= 0.6 is 0 Å². The van der Waals surface area contributed by atoms with Crippen molar-refractivity contribution in [2.45, 2.75) is 70.1 Å². The Morgan fingerprint density at radius 3 is 2.02 bits per heavy atom. The van der Waals surface area contributed by atoms with Gasteiger partial charge in [0.1, 0.15) is 29.1 Å². The van der Waals surface area contributed by atoms with Crippen LogP contribution in [0.5, 0.6) is 11.5 Å². The third kappa shape index (κ3) is 7.17. The van der Waals surface area contributed by atoms with Crippen molar-refractivity contribution in [2.24, 2.45) is 0 Å². The molecule has 2 amide bonds. The lowest BCUT2D eigenvalue weighted by molar-refractivity contribution is 0.0594. The Hall–Kier alpha value is -3.94. The largest absolute Gasteiger partial charge is 0.490 e. The minimum atomic E-state index is -0.299. The van der Waals surface area contributed by atoms with Crippen LogP contribution in [-0.4, -0.2) is 53.0 Å². The topological polar surface area (TPSA) is 80.8 Å². The molecule has 2 fully saturated rings. The lowest BCUT2D eigenvalue weighted by Gasteiger charge is -2.32. The second kappa shape index (κ2) is 12.9. The molecule has 210 valence electrons. The molecular formula is C32H36FN3O4. The molecule has 3 aromatic rings. The van der Waals surface area contributed by atoms with Gasteiger partial charge in [0.05, 0.1) is 11.7 Å². The van der Waals surface area contributed by atoms with E-state index in [1.54, 1.807) is 29.2 Å². The van der Waals surface area contributed by atoms with Crippen molar-refractivity contribution in [2.75, 3.05) is 13.1 Å². The molecule has 2 aliphatic rings. The van der Waals surface area contributed by atoms with Crippen molar-refractivity contribution in [3.05, 3.63) is 89.5 Å². The number of aryl methyl sites for hydroxylation is 1. The smallest absolute Gasteiger partial charge is 0.270 e. The monoisotopic (exact) mass is 545 g/mol. The van der Waals surface area contributed by atoms with Crippen molar-refractivity contribution in [3.8, 4) is 11.5 Å². The lowest BCUT2D eigenvalue weighted by atomic mass is 9.92. The summed E-state index contributed by atoms with van der Waals surface area (Å²) in [6.45, 7) is 3.25. The molecule has 0 atom stereocenters. The van der Waals surface area contributed by atoms with Gasteiger partial charge in [-0.25, -0.2) is 4.39 Å². The Kier molecular flexibility index (Phi) is 8.94. The average molecular weight is 546 g/mol. The quantitative estimate of drug-likeness (QED) is 0.399. The van der Waals surface area contributed by atoms with Crippen molar-refractivity contribution in [1.29, 1.82) is 0 Å². The highest BCUT2D eigenvalue weighted by atomic mass is 19.1. The van der Waals surface area contributed by atoms with Crippen molar-refractivity contribution < 1.29 is 23.5 Å². The first-order valence-corrected chi connectivity index (χ1v) is 14.2. The van der Waals surface area contributed by atoms with E-state index in [1.165, 1.54) is 23.9 Å². The van der Waals surface area contributed by atoms with E-state index in [0.29, 0.717) is 42.9 Å². The normalized spacial score (nSPS) is 19.6. The molecule has 2 heterocycles. The number of aromatic nitrogens is 1. The van der Waals surface area contributed by atoms with E-state index in [-0.39, 0.29) is 35.9 Å². The van der Waals surface area contributed by atoms with Crippen molar-refractivity contribution in [1.82, 2.24) is 15.2 Å². The highest BCUT2D eigenvalue weighted by Crippen LogP contribution is 2.25. The number of hydrogen-bond acceptors (Lipinski definition) is 5. The minimum absolute atomic E-state index is 0.0207. The van der Waals surface area contributed by atoms with E-state index in [9.17, 15) is 14.0 Å². The molecule has 40 heavy (non-hydrogen) atoms. The molecule has 1 saturated carbocycles. The summed E-state index contributed by atoms with van der Waals surface area (Å²) in [6, 6.07) is 17.6. The first-order valence-electron chi connectivity index (χ1n) is 14.2. The SMILES string of the molecule is CCc1ccc(OC2CCC(NC(=O)c3ccc(C(=O)N4CCC(Oc5ccc(F)cc5)CC4)cn3)CC2)cc1. The van der Waals surface area contributed by atoms with Gasteiger partial charge < -0.3 is 19.7 Å². The zero-order valence-corrected chi connectivity index (χ0v) is 22.9. The Morgan fingerprint density at radius 1 is 0.850 bits per heavy atom. The number of rotatable bonds is 8. The second-order valence-corrected chi connectivity index (χ2v) is 10.6. The number of nitrogens with one attached hydrogen (secondary N) is 1. The highest BCUT2D eigenvalue weighted by Gasteiger charge is 2.26. The van der Waals surface area contributed by atoms with Crippen molar-refractivity contribution in [3.63, 3.8) is 0 Å². The molecule has 1 saturated heterocycles. The molecule has 0 radical (unpaired) electrons. The van der Waals surface area contributed by atoms with Gasteiger partial charge in [0.2, 0.25) is 0 Å². The fraction of sp³-hybridized carbons (Fsp3) is 0.406. The summed E-state index contributed by atoms with van der Waals surface area (Å²) in [5.74, 6) is 0.890. The van der Waals surface area contributed by atoms with Gasteiger partial charge in [0.25, 0.3) is 11.8 Å². The molecule has 0 spiro atoms. The number of carbonyl (C=O) groups is 2. The molecule has 7 nitrogen and oxygen atoms in total. The minimum Gasteiger partial charge on any atom is -0.490 e. The predicted octanol–water partition coefficient (Wildman–Crippen LogP) is 5.59. The van der Waals surface area contributed by atoms with E-state index in [0.717, 1.165) is 37.9 Å². The number of piperidine rings is 1. The summed E-state index contributed by atoms with van der Waals surface area (Å²) in [5, 5.41) is 3.09. The fourth-order valence-electron chi connectivity index (χ4n) is 5.30. The number of benzene rings is 2. The molecule has 5 rings (SSSR count). The zero-order chi connectivity index (χ0) is 27.9. The third-order valence-corrected chi connectivity index (χ3v) is 7.73. The molecule has 8 heteroatoms. The summed E-state index contributed by atoms with van der Waals surface area (Å²) < 4.78 is 25.2. The van der Waals surface area contributed by atoms with Crippen molar-refractivity contribution >= 4 is 11.8 Å². The van der Waals surface area contributed by atoms with Gasteiger partial charge in [-0.2, -0.15) is 0 Å². The molecule has 0 bridgehead atoms. The van der Waals surface area contributed by atoms with Gasteiger partial charge in [-0.15, -0.1) is 0 Å². The highest BCUT2D eigenvalue weighted by molar-refractivity contribution is 5.96. The van der Waals surface area contributed by atoms with E-state index < -0.39 is 0 Å². The number of halogens is 1. The van der Waals surface area contributed by atoms with Crippen LogP contribution < -0.4 is 14.8 Å². The maximum absolute atomic E-state index is 13.1. The molecule has 1 aliphatic carbocycles. The zero-order valence-electron chi connectivity index (χ0n) is 22.9. The number of hydrogen-bond donors (Lipinski definition) is 1. The van der Waals surface area contributed by atoms with Gasteiger partial charge in [0.15, 0.2) is 0 Å². The Labute approximate surface area is 234 Å². The lowest BCUT2D eigenvalue weighted by Crippen LogP contribution is -2.42. The molecule has 1 N–H and O–H groups in total. The third-order valence-electron chi connectivity index (χ3n) is 7.73. The van der Waals surface area contributed by atoms with E-state index in [2.05, 4.69) is 29.4 Å². The molecular weight excluding hydrogens is 509 g/mol. The van der Waals surface area contributed by atoms with Crippen LogP contribution in [0.3, 0.4) is 0 Å². The van der Waals surface area contributed by atoms with Crippen LogP contribution in [0.25, 0.3) is 0 Å². The van der Waals surface area contributed by atoms with Crippen LogP contribution in [-0.2, 0) is 6.42 Å². The summed E-state index contributed by atoms with van der Waals surface area (Å²) in [5.41, 5.74) is 2.05. The Balaban J connectivity index is 1.05. The van der Waals surface area contributed by atoms with Crippen LogP contribution in [0, 0.1) is 5.82 Å². The van der Waals surface area contributed by atoms with E-state index in [1.807, 2.05) is 12.1 Å². The predicted molar refractivity (Wildman–Crippen MR) is 150 cm³/mol. The van der Waals surface area contributed by atoms with Crippen LogP contribution in [0.1, 0.15) is 71.9 Å². The molecule has 0 unspecified atom stereocenters. The summed E-state index contributed by atoms with van der Waals surface area (Å²) >= 11 is 0. The Bertz CT molecular complexity index is 1270. The van der Waals surface area contributed by atoms with Gasteiger partial charge in [0, 0.05) is 38.2 Å². The first kappa shape index (κ1) is 27.6. The number of amides is 2. The van der Waals surface area contributed by atoms with E-state index in [4.69, 9.17) is 9.47 Å². The molecule has 1 aliphatic heterocycles. The first-order chi connectivity index (χ1) is 19.5. The van der Waals surface area contributed by atoms with Gasteiger partial charge >= 0.3 is 0 Å². The fourth-order valence-corrected chi connectivity index (χ4v) is 5.30. The number of likely N-dealkylation sites (tertiary alicyclic amines) is 1. The number of pyridine rings is 1. The standard InChI is InChI=1S/C32H36FN3O4/c1-2-22-3-10-26(11-4-22)39-28-14-8-25(9-15-28)35-31(37)30-16-5-23(21-34-30)32(38)36-19-17-29(18-20-36)40-27-12-6-24(33)7-13-27/h3-7,10-13,16,21,25,28-29H,2,8-9,14-15,17-20H2,1H3,(H,35,37). The second-order valence-electron chi connectivity index (χ2n) is 10.6. The summed E-state index contributed by atoms with van der Waals surface area (Å²) in [6.07, 6.45) is 7.46. The summed E-state index contributed by atoms with van der Waals surface area (Å²) in [7, 11) is 0. The summed E-state index contributed by atoms with van der Waals surface area (Å²) in [4.78, 5) is 31.8. The number of ether oxygens (including phenoxy) is 2. The number of carbonyl (C=O) groups excluding carboxylic acids is 2. The van der Waals surface area contributed by atoms with Crippen LogP contribution in [0.4, 0.5) is 4.39 Å². The molecule has 2 aromatic carbocycles. The maximum atomic E-state index is 13.1.